The van der Waals surface area contributed by atoms with E-state index in [9.17, 15) is 26.4 Å². The maximum absolute atomic E-state index is 13.0. The average molecular weight is 498 g/mol. The summed E-state index contributed by atoms with van der Waals surface area (Å²) in [4.78, 5) is 12.8. The highest BCUT2D eigenvalue weighted by Gasteiger charge is 2.30. The van der Waals surface area contributed by atoms with E-state index in [0.717, 1.165) is 31.5 Å². The van der Waals surface area contributed by atoms with E-state index in [1.54, 1.807) is 0 Å². The Balaban J connectivity index is 1.83. The van der Waals surface area contributed by atoms with Gasteiger partial charge in [0, 0.05) is 24.1 Å². The maximum atomic E-state index is 13.0. The molecule has 0 atom stereocenters. The summed E-state index contributed by atoms with van der Waals surface area (Å²) < 4.78 is 65.2. The number of alkyl halides is 3. The van der Waals surface area contributed by atoms with Crippen molar-refractivity contribution in [3.63, 3.8) is 0 Å². The zero-order valence-corrected chi connectivity index (χ0v) is 19.2. The van der Waals surface area contributed by atoms with Crippen LogP contribution in [-0.2, 0) is 16.2 Å². The standard InChI is InChI=1S/C22H26F3N5O3S/c1-27-34(32,33)18-8-9-20(30-16-6-4-15(5-7-16)22(23,24)25)19(10-18)21(31)29-13-17(11-26)28-12-14-2-3-14/h4-11,14,27-28,30H,2-3,12-13,26H2,1H3,(H,29,31)/b17-11-. The number of hydrogen-bond acceptors (Lipinski definition) is 6. The summed E-state index contributed by atoms with van der Waals surface area (Å²) in [7, 11) is -2.60. The van der Waals surface area contributed by atoms with Gasteiger partial charge < -0.3 is 21.7 Å². The van der Waals surface area contributed by atoms with Crippen molar-refractivity contribution in [3.05, 3.63) is 65.5 Å². The van der Waals surface area contributed by atoms with Gasteiger partial charge in [0.05, 0.1) is 28.3 Å². The van der Waals surface area contributed by atoms with Crippen molar-refractivity contribution in [2.75, 3.05) is 25.5 Å². The average Bonchev–Trinajstić information content (AvgIpc) is 3.63. The van der Waals surface area contributed by atoms with Gasteiger partial charge >= 0.3 is 6.18 Å². The lowest BCUT2D eigenvalue weighted by atomic mass is 10.1. The SMILES string of the molecule is CNS(=O)(=O)c1ccc(Nc2ccc(C(F)(F)F)cc2)c(C(=O)NC/C(=C/N)NCC2CC2)c1. The van der Waals surface area contributed by atoms with Crippen LogP contribution < -0.4 is 26.4 Å². The number of nitrogens with two attached hydrogens (primary N) is 1. The number of halogens is 3. The van der Waals surface area contributed by atoms with E-state index in [2.05, 4.69) is 20.7 Å². The van der Waals surface area contributed by atoms with Crippen molar-refractivity contribution >= 4 is 27.3 Å². The van der Waals surface area contributed by atoms with Crippen LogP contribution >= 0.6 is 0 Å². The van der Waals surface area contributed by atoms with Crippen LogP contribution in [0.25, 0.3) is 0 Å². The van der Waals surface area contributed by atoms with Crippen LogP contribution in [0.2, 0.25) is 0 Å². The lowest BCUT2D eigenvalue weighted by Gasteiger charge is -2.16. The van der Waals surface area contributed by atoms with Crippen molar-refractivity contribution in [2.24, 2.45) is 11.7 Å². The molecule has 3 rings (SSSR count). The molecule has 0 heterocycles. The number of hydrogen-bond donors (Lipinski definition) is 5. The Morgan fingerprint density at radius 3 is 2.35 bits per heavy atom. The summed E-state index contributed by atoms with van der Waals surface area (Å²) in [6.45, 7) is 0.834. The Morgan fingerprint density at radius 1 is 1.12 bits per heavy atom. The first-order valence-electron chi connectivity index (χ1n) is 10.5. The number of amides is 1. The molecular formula is C22H26F3N5O3S. The minimum Gasteiger partial charge on any atom is -0.403 e. The van der Waals surface area contributed by atoms with Crippen LogP contribution in [0.4, 0.5) is 24.5 Å². The molecule has 1 aliphatic rings. The molecule has 2 aromatic rings. The molecule has 2 aromatic carbocycles. The number of carbonyl (C=O) groups excluding carboxylic acids is 1. The summed E-state index contributed by atoms with van der Waals surface area (Å²) in [5, 5.41) is 8.74. The minimum absolute atomic E-state index is 0.00483. The lowest BCUT2D eigenvalue weighted by molar-refractivity contribution is -0.137. The molecule has 1 saturated carbocycles. The van der Waals surface area contributed by atoms with Crippen LogP contribution in [-0.4, -0.2) is 34.5 Å². The number of benzene rings is 2. The lowest BCUT2D eigenvalue weighted by Crippen LogP contribution is -2.32. The zero-order valence-electron chi connectivity index (χ0n) is 18.4. The molecule has 0 unspecified atom stereocenters. The highest BCUT2D eigenvalue weighted by molar-refractivity contribution is 7.89. The van der Waals surface area contributed by atoms with Crippen LogP contribution in [0.3, 0.4) is 0 Å². The highest BCUT2D eigenvalue weighted by Crippen LogP contribution is 2.31. The Hall–Kier alpha value is -3.25. The summed E-state index contributed by atoms with van der Waals surface area (Å²) in [5.74, 6) is 0.00348. The van der Waals surface area contributed by atoms with E-state index in [1.165, 1.54) is 43.6 Å². The third-order valence-corrected chi connectivity index (χ3v) is 6.67. The molecule has 0 aromatic heterocycles. The van der Waals surface area contributed by atoms with Crippen molar-refractivity contribution in [1.29, 1.82) is 0 Å². The Morgan fingerprint density at radius 2 is 1.79 bits per heavy atom. The molecule has 1 fully saturated rings. The first-order chi connectivity index (χ1) is 16.0. The molecule has 34 heavy (non-hydrogen) atoms. The van der Waals surface area contributed by atoms with Gasteiger partial charge in [-0.2, -0.15) is 13.2 Å². The fraction of sp³-hybridized carbons (Fsp3) is 0.318. The fourth-order valence-corrected chi connectivity index (χ4v) is 3.81. The highest BCUT2D eigenvalue weighted by atomic mass is 32.2. The van der Waals surface area contributed by atoms with Crippen molar-refractivity contribution in [1.82, 2.24) is 15.4 Å². The van der Waals surface area contributed by atoms with Gasteiger partial charge in [0.25, 0.3) is 5.91 Å². The third kappa shape index (κ3) is 6.64. The van der Waals surface area contributed by atoms with E-state index >= 15 is 0 Å². The van der Waals surface area contributed by atoms with Gasteiger partial charge in [0.2, 0.25) is 10.0 Å². The van der Waals surface area contributed by atoms with Gasteiger partial charge in [-0.1, -0.05) is 0 Å². The summed E-state index contributed by atoms with van der Waals surface area (Å²) in [6, 6.07) is 8.12. The second-order valence-electron chi connectivity index (χ2n) is 7.81. The van der Waals surface area contributed by atoms with Crippen LogP contribution in [0, 0.1) is 5.92 Å². The molecule has 0 saturated heterocycles. The largest absolute Gasteiger partial charge is 0.416 e. The molecule has 8 nitrogen and oxygen atoms in total. The van der Waals surface area contributed by atoms with E-state index < -0.39 is 27.7 Å². The number of rotatable bonds is 10. The molecule has 6 N–H and O–H groups in total. The van der Waals surface area contributed by atoms with E-state index in [1.807, 2.05) is 0 Å². The van der Waals surface area contributed by atoms with Crippen molar-refractivity contribution in [2.45, 2.75) is 23.9 Å². The van der Waals surface area contributed by atoms with Gasteiger partial charge in [-0.05, 0) is 68.3 Å². The van der Waals surface area contributed by atoms with Gasteiger partial charge in [-0.15, -0.1) is 0 Å². The normalized spacial score (nSPS) is 14.5. The fourth-order valence-electron chi connectivity index (χ4n) is 3.05. The molecule has 0 radical (unpaired) electrons. The Bertz CT molecular complexity index is 1160. The zero-order chi connectivity index (χ0) is 24.9. The van der Waals surface area contributed by atoms with E-state index in [-0.39, 0.29) is 22.7 Å². The van der Waals surface area contributed by atoms with Gasteiger partial charge in [0.1, 0.15) is 0 Å². The smallest absolute Gasteiger partial charge is 0.403 e. The van der Waals surface area contributed by atoms with Gasteiger partial charge in [0.15, 0.2) is 0 Å². The second-order valence-corrected chi connectivity index (χ2v) is 9.70. The van der Waals surface area contributed by atoms with Crippen LogP contribution in [0.5, 0.6) is 0 Å². The van der Waals surface area contributed by atoms with E-state index in [4.69, 9.17) is 5.73 Å². The third-order valence-electron chi connectivity index (χ3n) is 5.26. The predicted octanol–water partition coefficient (Wildman–Crippen LogP) is 2.89. The monoisotopic (exact) mass is 497 g/mol. The summed E-state index contributed by atoms with van der Waals surface area (Å²) in [6.07, 6.45) is -0.841. The van der Waals surface area contributed by atoms with Gasteiger partial charge in [-0.25, -0.2) is 13.1 Å². The minimum atomic E-state index is -4.48. The number of nitrogens with one attached hydrogen (secondary N) is 4. The molecule has 1 amide bonds. The first-order valence-corrected chi connectivity index (χ1v) is 12.0. The Labute approximate surface area is 195 Å². The molecule has 0 spiro atoms. The molecule has 184 valence electrons. The van der Waals surface area contributed by atoms with Crippen molar-refractivity contribution in [3.8, 4) is 0 Å². The quantitative estimate of drug-likeness (QED) is 0.344. The maximum Gasteiger partial charge on any atom is 0.416 e. The first kappa shape index (κ1) is 25.4. The Kier molecular flexibility index (Phi) is 7.72. The topological polar surface area (TPSA) is 125 Å². The number of anilines is 2. The number of carbonyl (C=O) groups is 1. The molecule has 0 bridgehead atoms. The molecule has 1 aliphatic carbocycles. The van der Waals surface area contributed by atoms with Crippen molar-refractivity contribution < 1.29 is 26.4 Å². The van der Waals surface area contributed by atoms with Crippen LogP contribution in [0.1, 0.15) is 28.8 Å². The molecule has 0 aliphatic heterocycles. The summed E-state index contributed by atoms with van der Waals surface area (Å²) >= 11 is 0. The van der Waals surface area contributed by atoms with Crippen LogP contribution in [0.15, 0.2) is 59.3 Å². The number of sulfonamides is 1. The molecular weight excluding hydrogens is 471 g/mol. The molecule has 12 heteroatoms. The van der Waals surface area contributed by atoms with Gasteiger partial charge in [-0.3, -0.25) is 4.79 Å². The second kappa shape index (κ2) is 10.3. The van der Waals surface area contributed by atoms with E-state index in [0.29, 0.717) is 17.3 Å². The predicted molar refractivity (Wildman–Crippen MR) is 123 cm³/mol. The summed E-state index contributed by atoms with van der Waals surface area (Å²) in [5.41, 5.74) is 5.92.